The molecule has 1 aromatic carbocycles. The maximum Gasteiger partial charge on any atom is 0.416 e. The van der Waals surface area contributed by atoms with Crippen molar-refractivity contribution in [1.29, 1.82) is 0 Å². The number of hydrogen-bond donors (Lipinski definition) is 1. The van der Waals surface area contributed by atoms with Gasteiger partial charge in [-0.1, -0.05) is 17.3 Å². The molecule has 1 N–H and O–H groups in total. The number of halogens is 3. The highest BCUT2D eigenvalue weighted by molar-refractivity contribution is 5.92. The zero-order valence-electron chi connectivity index (χ0n) is 11.9. The number of aromatic nitrogens is 1. The zero-order valence-corrected chi connectivity index (χ0v) is 11.9. The van der Waals surface area contributed by atoms with Gasteiger partial charge in [0, 0.05) is 18.2 Å². The fourth-order valence-electron chi connectivity index (χ4n) is 2.26. The third kappa shape index (κ3) is 3.53. The number of hydrogen-bond acceptors (Lipinski definition) is 4. The van der Waals surface area contributed by atoms with Crippen molar-refractivity contribution in [2.75, 3.05) is 18.5 Å². The minimum atomic E-state index is -4.38. The number of anilines is 1. The van der Waals surface area contributed by atoms with Gasteiger partial charge in [-0.2, -0.15) is 13.2 Å². The number of carbonyl (C=O) groups excluding carboxylic acids is 1. The Morgan fingerprint density at radius 3 is 2.61 bits per heavy atom. The van der Waals surface area contributed by atoms with E-state index < -0.39 is 11.7 Å². The summed E-state index contributed by atoms with van der Waals surface area (Å²) in [4.78, 5) is 11.9. The van der Waals surface area contributed by atoms with Crippen LogP contribution in [0.1, 0.15) is 12.0 Å². The second-order valence-corrected chi connectivity index (χ2v) is 5.20. The number of alkyl halides is 3. The lowest BCUT2D eigenvalue weighted by Crippen LogP contribution is -2.22. The van der Waals surface area contributed by atoms with Crippen LogP contribution in [0.2, 0.25) is 0 Å². The summed E-state index contributed by atoms with van der Waals surface area (Å²) in [5, 5.41) is 6.34. The summed E-state index contributed by atoms with van der Waals surface area (Å²) >= 11 is 0. The SMILES string of the molecule is O=C(Nc1cc(-c2ccc(C(F)(F)F)cc2)no1)[C@H]1CCOC1. The molecule has 1 aromatic heterocycles. The van der Waals surface area contributed by atoms with Gasteiger partial charge in [-0.05, 0) is 18.6 Å². The zero-order chi connectivity index (χ0) is 16.4. The van der Waals surface area contributed by atoms with Crippen LogP contribution < -0.4 is 5.32 Å². The van der Waals surface area contributed by atoms with Crippen LogP contribution in [0.25, 0.3) is 11.3 Å². The van der Waals surface area contributed by atoms with E-state index in [0.29, 0.717) is 30.9 Å². The first-order chi connectivity index (χ1) is 10.9. The van der Waals surface area contributed by atoms with Crippen LogP contribution in [0.15, 0.2) is 34.9 Å². The van der Waals surface area contributed by atoms with Crippen molar-refractivity contribution in [2.24, 2.45) is 5.92 Å². The molecule has 23 heavy (non-hydrogen) atoms. The molecule has 8 heteroatoms. The van der Waals surface area contributed by atoms with Crippen LogP contribution in [0, 0.1) is 5.92 Å². The molecule has 1 atom stereocenters. The van der Waals surface area contributed by atoms with Crippen LogP contribution in [0.4, 0.5) is 19.1 Å². The maximum atomic E-state index is 12.5. The first-order valence-corrected chi connectivity index (χ1v) is 6.96. The molecular weight excluding hydrogens is 313 g/mol. The number of rotatable bonds is 3. The molecule has 3 rings (SSSR count). The van der Waals surface area contributed by atoms with Gasteiger partial charge in [0.2, 0.25) is 11.8 Å². The molecule has 1 saturated heterocycles. The highest BCUT2D eigenvalue weighted by Gasteiger charge is 2.30. The van der Waals surface area contributed by atoms with Crippen molar-refractivity contribution in [3.63, 3.8) is 0 Å². The van der Waals surface area contributed by atoms with E-state index in [4.69, 9.17) is 9.26 Å². The number of carbonyl (C=O) groups is 1. The molecule has 0 radical (unpaired) electrons. The summed E-state index contributed by atoms with van der Waals surface area (Å²) in [6.07, 6.45) is -3.74. The maximum absolute atomic E-state index is 12.5. The van der Waals surface area contributed by atoms with Crippen molar-refractivity contribution >= 4 is 11.8 Å². The molecule has 1 aliphatic heterocycles. The minimum Gasteiger partial charge on any atom is -0.381 e. The molecule has 1 fully saturated rings. The standard InChI is InChI=1S/C15H13F3N2O3/c16-15(17,18)11-3-1-9(2-4-11)12-7-13(23-20-12)19-14(21)10-5-6-22-8-10/h1-4,7,10H,5-6,8H2,(H,19,21)/t10-/m0/s1. The van der Waals surface area contributed by atoms with E-state index in [1.165, 1.54) is 18.2 Å². The third-order valence-electron chi connectivity index (χ3n) is 3.57. The molecule has 5 nitrogen and oxygen atoms in total. The largest absolute Gasteiger partial charge is 0.416 e. The van der Waals surface area contributed by atoms with Crippen LogP contribution in [-0.2, 0) is 15.7 Å². The Bertz CT molecular complexity index is 689. The quantitative estimate of drug-likeness (QED) is 0.939. The lowest BCUT2D eigenvalue weighted by atomic mass is 10.1. The minimum absolute atomic E-state index is 0.150. The van der Waals surface area contributed by atoms with Crippen LogP contribution in [-0.4, -0.2) is 24.3 Å². The number of nitrogens with zero attached hydrogens (tertiary/aromatic N) is 1. The van der Waals surface area contributed by atoms with E-state index in [0.717, 1.165) is 12.1 Å². The normalized spacial score (nSPS) is 18.1. The van der Waals surface area contributed by atoms with Gasteiger partial charge in [-0.15, -0.1) is 0 Å². The molecule has 0 aliphatic carbocycles. The Morgan fingerprint density at radius 2 is 2.00 bits per heavy atom. The van der Waals surface area contributed by atoms with E-state index >= 15 is 0 Å². The average molecular weight is 326 g/mol. The van der Waals surface area contributed by atoms with Gasteiger partial charge >= 0.3 is 6.18 Å². The first-order valence-electron chi connectivity index (χ1n) is 6.96. The van der Waals surface area contributed by atoms with E-state index in [9.17, 15) is 18.0 Å². The highest BCUT2D eigenvalue weighted by atomic mass is 19.4. The van der Waals surface area contributed by atoms with E-state index in [1.807, 2.05) is 0 Å². The van der Waals surface area contributed by atoms with Crippen molar-refractivity contribution in [2.45, 2.75) is 12.6 Å². The summed E-state index contributed by atoms with van der Waals surface area (Å²) < 4.78 is 47.7. The molecule has 1 amide bonds. The molecule has 0 bridgehead atoms. The van der Waals surface area contributed by atoms with Crippen molar-refractivity contribution in [3.8, 4) is 11.3 Å². The van der Waals surface area contributed by atoms with Crippen LogP contribution in [0.3, 0.4) is 0 Å². The molecule has 0 saturated carbocycles. The van der Waals surface area contributed by atoms with Gasteiger partial charge in [0.1, 0.15) is 5.69 Å². The molecule has 0 unspecified atom stereocenters. The van der Waals surface area contributed by atoms with Crippen molar-refractivity contribution in [1.82, 2.24) is 5.16 Å². The fourth-order valence-corrected chi connectivity index (χ4v) is 2.26. The van der Waals surface area contributed by atoms with Gasteiger partial charge in [0.15, 0.2) is 0 Å². The van der Waals surface area contributed by atoms with Gasteiger partial charge < -0.3 is 9.26 Å². The summed E-state index contributed by atoms with van der Waals surface area (Å²) in [6, 6.07) is 6.01. The first kappa shape index (κ1) is 15.5. The van der Waals surface area contributed by atoms with Crippen LogP contribution >= 0.6 is 0 Å². The lowest BCUT2D eigenvalue weighted by molar-refractivity contribution is -0.137. The Kier molecular flexibility index (Phi) is 4.08. The van der Waals surface area contributed by atoms with E-state index in [1.54, 1.807) is 0 Å². The highest BCUT2D eigenvalue weighted by Crippen LogP contribution is 2.31. The molecule has 1 aliphatic rings. The monoisotopic (exact) mass is 326 g/mol. The van der Waals surface area contributed by atoms with Gasteiger partial charge in [0.05, 0.1) is 18.1 Å². The van der Waals surface area contributed by atoms with E-state index in [-0.39, 0.29) is 17.7 Å². The summed E-state index contributed by atoms with van der Waals surface area (Å²) in [5.41, 5.74) is 0.0719. The summed E-state index contributed by atoms with van der Waals surface area (Å²) in [7, 11) is 0. The van der Waals surface area contributed by atoms with Gasteiger partial charge in [0.25, 0.3) is 0 Å². The van der Waals surface area contributed by atoms with Gasteiger partial charge in [-0.25, -0.2) is 0 Å². The number of benzene rings is 1. The average Bonchev–Trinajstić information content (AvgIpc) is 3.18. The molecule has 0 spiro atoms. The van der Waals surface area contributed by atoms with E-state index in [2.05, 4.69) is 10.5 Å². The van der Waals surface area contributed by atoms with Crippen molar-refractivity contribution in [3.05, 3.63) is 35.9 Å². The lowest BCUT2D eigenvalue weighted by Gasteiger charge is -2.06. The Balaban J connectivity index is 1.70. The van der Waals surface area contributed by atoms with Crippen molar-refractivity contribution < 1.29 is 27.2 Å². The Hall–Kier alpha value is -2.35. The number of nitrogens with one attached hydrogen (secondary N) is 1. The Morgan fingerprint density at radius 1 is 1.26 bits per heavy atom. The fraction of sp³-hybridized carbons (Fsp3) is 0.333. The predicted octanol–water partition coefficient (Wildman–Crippen LogP) is 3.34. The molecule has 122 valence electrons. The number of ether oxygens (including phenoxy) is 1. The second kappa shape index (κ2) is 6.04. The Labute approximate surface area is 129 Å². The predicted molar refractivity (Wildman–Crippen MR) is 74.5 cm³/mol. The molecule has 2 heterocycles. The summed E-state index contributed by atoms with van der Waals surface area (Å²) in [5.74, 6) is -0.302. The summed E-state index contributed by atoms with van der Waals surface area (Å²) in [6.45, 7) is 0.914. The smallest absolute Gasteiger partial charge is 0.381 e. The molecule has 2 aromatic rings. The van der Waals surface area contributed by atoms with Gasteiger partial charge in [-0.3, -0.25) is 10.1 Å². The van der Waals surface area contributed by atoms with Crippen LogP contribution in [0.5, 0.6) is 0 Å². The molecular formula is C15H13F3N2O3. The number of amides is 1. The third-order valence-corrected chi connectivity index (χ3v) is 3.57. The second-order valence-electron chi connectivity index (χ2n) is 5.20. The topological polar surface area (TPSA) is 64.4 Å².